The second-order valence-corrected chi connectivity index (χ2v) is 5.50. The molecule has 0 radical (unpaired) electrons. The van der Waals surface area contributed by atoms with Gasteiger partial charge in [0, 0.05) is 30.9 Å². The van der Waals surface area contributed by atoms with Crippen LogP contribution in [0.2, 0.25) is 0 Å². The Hall–Kier alpha value is -2.36. The van der Waals surface area contributed by atoms with Gasteiger partial charge in [-0.2, -0.15) is 0 Å². The third kappa shape index (κ3) is 6.08. The molecule has 0 aliphatic carbocycles. The molecule has 0 amide bonds. The maximum Gasteiger partial charge on any atom is 0.195 e. The van der Waals surface area contributed by atoms with Gasteiger partial charge in [-0.1, -0.05) is 12.1 Å². The average Bonchev–Trinajstić information content (AvgIpc) is 2.71. The number of aliphatic imine (C=N–C) groups is 1. The number of rotatable bonds is 8. The van der Waals surface area contributed by atoms with Crippen molar-refractivity contribution in [2.45, 2.75) is 13.5 Å². The molecule has 0 atom stereocenters. The highest BCUT2D eigenvalue weighted by Gasteiger charge is 2.11. The Bertz CT molecular complexity index is 784. The van der Waals surface area contributed by atoms with Crippen molar-refractivity contribution in [1.29, 1.82) is 0 Å². The topological polar surface area (TPSA) is 73.3 Å². The van der Waals surface area contributed by atoms with Crippen LogP contribution in [0.1, 0.15) is 12.5 Å². The van der Waals surface area contributed by atoms with E-state index in [4.69, 9.17) is 18.9 Å². The molecule has 0 aliphatic heterocycles. The Morgan fingerprint density at radius 2 is 1.71 bits per heavy atom. The van der Waals surface area contributed by atoms with Gasteiger partial charge >= 0.3 is 0 Å². The summed E-state index contributed by atoms with van der Waals surface area (Å²) in [4.78, 5) is 4.27. The Morgan fingerprint density at radius 3 is 2.32 bits per heavy atom. The number of anilines is 1. The van der Waals surface area contributed by atoms with Gasteiger partial charge in [-0.05, 0) is 25.1 Å². The lowest BCUT2D eigenvalue weighted by molar-refractivity contribution is 0.311. The third-order valence-electron chi connectivity index (χ3n) is 3.88. The van der Waals surface area contributed by atoms with Gasteiger partial charge in [-0.25, -0.2) is 0 Å². The molecule has 0 saturated carbocycles. The lowest BCUT2D eigenvalue weighted by atomic mass is 10.2. The Kier molecular flexibility index (Phi) is 10.3. The maximum absolute atomic E-state index is 5.61. The van der Waals surface area contributed by atoms with Gasteiger partial charge in [-0.15, -0.1) is 24.0 Å². The van der Waals surface area contributed by atoms with Crippen LogP contribution in [0.4, 0.5) is 5.69 Å². The highest BCUT2D eigenvalue weighted by Crippen LogP contribution is 2.31. The Labute approximate surface area is 183 Å². The minimum Gasteiger partial charge on any atom is -0.493 e. The summed E-state index contributed by atoms with van der Waals surface area (Å²) in [6.07, 6.45) is 0. The first-order chi connectivity index (χ1) is 13.2. The van der Waals surface area contributed by atoms with Crippen LogP contribution in [-0.4, -0.2) is 40.9 Å². The van der Waals surface area contributed by atoms with Gasteiger partial charge < -0.3 is 29.6 Å². The van der Waals surface area contributed by atoms with Crippen molar-refractivity contribution in [2.24, 2.45) is 4.99 Å². The van der Waals surface area contributed by atoms with Crippen LogP contribution in [0.5, 0.6) is 23.0 Å². The number of ether oxygens (including phenoxy) is 4. The number of hydrogen-bond acceptors (Lipinski definition) is 5. The van der Waals surface area contributed by atoms with E-state index >= 15 is 0 Å². The van der Waals surface area contributed by atoms with Crippen molar-refractivity contribution in [3.05, 3.63) is 42.0 Å². The maximum atomic E-state index is 5.61. The van der Waals surface area contributed by atoms with E-state index in [9.17, 15) is 0 Å². The summed E-state index contributed by atoms with van der Waals surface area (Å²) < 4.78 is 21.7. The number of benzene rings is 2. The van der Waals surface area contributed by atoms with E-state index in [0.717, 1.165) is 11.3 Å². The molecule has 2 aromatic rings. The van der Waals surface area contributed by atoms with Gasteiger partial charge in [0.2, 0.25) is 0 Å². The SMILES string of the molecule is CCOc1cc(NC(=NC)NCc2cccc(OC)c2OC)ccc1OC.I. The molecule has 2 rings (SSSR count). The van der Waals surface area contributed by atoms with Crippen LogP contribution < -0.4 is 29.6 Å². The standard InChI is InChI=1S/C20H27N3O4.HI/c1-6-27-18-12-15(10-11-16(18)24-3)23-20(21-2)22-13-14-8-7-9-17(25-4)19(14)26-5;/h7-12H,6,13H2,1-5H3,(H2,21,22,23);1H. The van der Waals surface area contributed by atoms with Crippen LogP contribution in [0, 0.1) is 0 Å². The molecule has 2 N–H and O–H groups in total. The van der Waals surface area contributed by atoms with Gasteiger partial charge in [0.15, 0.2) is 29.0 Å². The minimum absolute atomic E-state index is 0. The van der Waals surface area contributed by atoms with Crippen LogP contribution in [-0.2, 0) is 6.54 Å². The van der Waals surface area contributed by atoms with Gasteiger partial charge in [0.05, 0.1) is 27.9 Å². The van der Waals surface area contributed by atoms with E-state index < -0.39 is 0 Å². The fourth-order valence-electron chi connectivity index (χ4n) is 2.61. The van der Waals surface area contributed by atoms with E-state index in [1.165, 1.54) is 0 Å². The number of guanidine groups is 1. The monoisotopic (exact) mass is 501 g/mol. The second-order valence-electron chi connectivity index (χ2n) is 5.50. The first-order valence-corrected chi connectivity index (χ1v) is 8.65. The van der Waals surface area contributed by atoms with E-state index in [1.807, 2.05) is 43.3 Å². The molecular weight excluding hydrogens is 473 g/mol. The predicted octanol–water partition coefficient (Wildman–Crippen LogP) is 3.92. The smallest absolute Gasteiger partial charge is 0.195 e. The molecule has 0 unspecified atom stereocenters. The fraction of sp³-hybridized carbons (Fsp3) is 0.350. The van der Waals surface area contributed by atoms with Crippen molar-refractivity contribution in [3.8, 4) is 23.0 Å². The van der Waals surface area contributed by atoms with E-state index in [-0.39, 0.29) is 24.0 Å². The minimum atomic E-state index is 0. The molecule has 0 aromatic heterocycles. The molecule has 2 aromatic carbocycles. The summed E-state index contributed by atoms with van der Waals surface area (Å²) in [5.41, 5.74) is 1.80. The molecule has 154 valence electrons. The summed E-state index contributed by atoms with van der Waals surface area (Å²) >= 11 is 0. The Balaban J connectivity index is 0.00000392. The number of methoxy groups -OCH3 is 3. The summed E-state index contributed by atoms with van der Waals surface area (Å²) in [5.74, 6) is 3.37. The van der Waals surface area contributed by atoms with E-state index in [0.29, 0.717) is 42.1 Å². The van der Waals surface area contributed by atoms with Gasteiger partial charge in [0.25, 0.3) is 0 Å². The normalized spacial score (nSPS) is 10.5. The number of para-hydroxylation sites is 1. The lowest BCUT2D eigenvalue weighted by Crippen LogP contribution is -2.30. The molecule has 0 bridgehead atoms. The molecule has 0 heterocycles. The largest absolute Gasteiger partial charge is 0.493 e. The summed E-state index contributed by atoms with van der Waals surface area (Å²) in [5, 5.41) is 6.52. The number of hydrogen-bond donors (Lipinski definition) is 2. The predicted molar refractivity (Wildman–Crippen MR) is 123 cm³/mol. The van der Waals surface area contributed by atoms with Crippen molar-refractivity contribution in [1.82, 2.24) is 5.32 Å². The van der Waals surface area contributed by atoms with Crippen molar-refractivity contribution >= 4 is 35.6 Å². The highest BCUT2D eigenvalue weighted by molar-refractivity contribution is 14.0. The van der Waals surface area contributed by atoms with Crippen LogP contribution in [0.15, 0.2) is 41.4 Å². The van der Waals surface area contributed by atoms with E-state index in [1.54, 1.807) is 28.4 Å². The second kappa shape index (κ2) is 12.2. The molecule has 0 aliphatic rings. The first-order valence-electron chi connectivity index (χ1n) is 8.65. The molecule has 0 saturated heterocycles. The first kappa shape index (κ1) is 23.7. The molecular formula is C20H28IN3O4. The van der Waals surface area contributed by atoms with Gasteiger partial charge in [0.1, 0.15) is 0 Å². The molecule has 0 spiro atoms. The van der Waals surface area contributed by atoms with Crippen molar-refractivity contribution in [3.63, 3.8) is 0 Å². The third-order valence-corrected chi connectivity index (χ3v) is 3.88. The van der Waals surface area contributed by atoms with Crippen molar-refractivity contribution in [2.75, 3.05) is 40.3 Å². The van der Waals surface area contributed by atoms with E-state index in [2.05, 4.69) is 15.6 Å². The zero-order chi connectivity index (χ0) is 19.6. The van der Waals surface area contributed by atoms with Crippen LogP contribution >= 0.6 is 24.0 Å². The highest BCUT2D eigenvalue weighted by atomic mass is 127. The fourth-order valence-corrected chi connectivity index (χ4v) is 2.61. The number of halogens is 1. The molecule has 0 fully saturated rings. The molecule has 28 heavy (non-hydrogen) atoms. The molecule has 8 heteroatoms. The Morgan fingerprint density at radius 1 is 0.964 bits per heavy atom. The van der Waals surface area contributed by atoms with Gasteiger partial charge in [-0.3, -0.25) is 4.99 Å². The lowest BCUT2D eigenvalue weighted by Gasteiger charge is -2.16. The van der Waals surface area contributed by atoms with Crippen LogP contribution in [0.25, 0.3) is 0 Å². The number of nitrogens with zero attached hydrogens (tertiary/aromatic N) is 1. The quantitative estimate of drug-likeness (QED) is 0.325. The zero-order valence-electron chi connectivity index (χ0n) is 16.9. The molecule has 7 nitrogen and oxygen atoms in total. The van der Waals surface area contributed by atoms with Crippen molar-refractivity contribution < 1.29 is 18.9 Å². The zero-order valence-corrected chi connectivity index (χ0v) is 19.2. The average molecular weight is 501 g/mol. The van der Waals surface area contributed by atoms with Crippen LogP contribution in [0.3, 0.4) is 0 Å². The summed E-state index contributed by atoms with van der Waals surface area (Å²) in [6.45, 7) is 3.01. The summed E-state index contributed by atoms with van der Waals surface area (Å²) in [7, 11) is 6.58. The number of nitrogens with one attached hydrogen (secondary N) is 2. The summed E-state index contributed by atoms with van der Waals surface area (Å²) in [6, 6.07) is 11.4.